The molecule has 0 aliphatic carbocycles. The highest BCUT2D eigenvalue weighted by molar-refractivity contribution is 7.89. The van der Waals surface area contributed by atoms with Gasteiger partial charge in [0.1, 0.15) is 0 Å². The normalized spacial score (nSPS) is 11.3. The molecule has 3 rings (SSSR count). The lowest BCUT2D eigenvalue weighted by Gasteiger charge is -2.12. The fraction of sp³-hybridized carbons (Fsp3) is 0.208. The van der Waals surface area contributed by atoms with E-state index in [9.17, 15) is 13.2 Å². The van der Waals surface area contributed by atoms with Gasteiger partial charge < -0.3 is 10.1 Å². The Hall–Kier alpha value is -3.00. The number of methoxy groups -OCH3 is 1. The zero-order chi connectivity index (χ0) is 22.3. The summed E-state index contributed by atoms with van der Waals surface area (Å²) in [5.41, 5.74) is 3.88. The summed E-state index contributed by atoms with van der Waals surface area (Å²) in [5, 5.41) is 2.86. The molecule has 0 atom stereocenters. The number of carbonyl (C=O) groups excluding carboxylic acids is 1. The maximum Gasteiger partial charge on any atom is 0.251 e. The lowest BCUT2D eigenvalue weighted by Crippen LogP contribution is -2.26. The van der Waals surface area contributed by atoms with Crippen LogP contribution in [0.2, 0.25) is 0 Å². The number of nitrogens with one attached hydrogen (secondary N) is 2. The zero-order valence-electron chi connectivity index (χ0n) is 17.6. The third-order valence-electron chi connectivity index (χ3n) is 4.86. The van der Waals surface area contributed by atoms with Gasteiger partial charge in [-0.25, -0.2) is 13.1 Å². The van der Waals surface area contributed by atoms with Crippen molar-refractivity contribution < 1.29 is 17.9 Å². The molecule has 0 aliphatic heterocycles. The first-order chi connectivity index (χ1) is 14.9. The molecule has 0 saturated carbocycles. The highest BCUT2D eigenvalue weighted by atomic mass is 32.2. The number of rotatable bonds is 9. The van der Waals surface area contributed by atoms with E-state index in [1.54, 1.807) is 20.1 Å². The maximum absolute atomic E-state index is 12.7. The van der Waals surface area contributed by atoms with Crippen molar-refractivity contribution in [3.05, 3.63) is 101 Å². The van der Waals surface area contributed by atoms with E-state index in [4.69, 9.17) is 4.74 Å². The van der Waals surface area contributed by atoms with Crippen molar-refractivity contribution in [2.45, 2.75) is 31.5 Å². The molecule has 7 heteroatoms. The van der Waals surface area contributed by atoms with Crippen LogP contribution in [-0.2, 0) is 34.5 Å². The molecule has 3 aromatic carbocycles. The molecule has 2 N–H and O–H groups in total. The van der Waals surface area contributed by atoms with E-state index in [2.05, 4.69) is 10.0 Å². The fourth-order valence-electron chi connectivity index (χ4n) is 3.07. The van der Waals surface area contributed by atoms with E-state index in [1.165, 1.54) is 12.1 Å². The van der Waals surface area contributed by atoms with E-state index >= 15 is 0 Å². The Kier molecular flexibility index (Phi) is 7.57. The minimum absolute atomic E-state index is 0.0584. The van der Waals surface area contributed by atoms with Crippen LogP contribution in [-0.4, -0.2) is 21.4 Å². The predicted molar refractivity (Wildman–Crippen MR) is 120 cm³/mol. The highest BCUT2D eigenvalue weighted by Crippen LogP contribution is 2.17. The maximum atomic E-state index is 12.7. The van der Waals surface area contributed by atoms with Gasteiger partial charge in [-0.1, -0.05) is 60.7 Å². The topological polar surface area (TPSA) is 84.5 Å². The predicted octanol–water partition coefficient (Wildman–Crippen LogP) is 3.55. The molecule has 0 aliphatic rings. The van der Waals surface area contributed by atoms with Crippen LogP contribution in [0.4, 0.5) is 0 Å². The molecule has 3 aromatic rings. The number of aryl methyl sites for hydroxylation is 1. The Morgan fingerprint density at radius 2 is 1.52 bits per heavy atom. The SMILES string of the molecule is COCc1ccc(CNC(=O)c2cc(S(=O)(=O)NCc3ccccc3)ccc2C)cc1. The number of carbonyl (C=O) groups is 1. The Balaban J connectivity index is 1.68. The van der Waals surface area contributed by atoms with Gasteiger partial charge in [0.25, 0.3) is 5.91 Å². The Bertz CT molecular complexity index is 1130. The number of benzene rings is 3. The van der Waals surface area contributed by atoms with Crippen molar-refractivity contribution in [3.8, 4) is 0 Å². The molecule has 162 valence electrons. The third-order valence-corrected chi connectivity index (χ3v) is 6.26. The Labute approximate surface area is 183 Å². The first kappa shape index (κ1) is 22.7. The Morgan fingerprint density at radius 3 is 2.19 bits per heavy atom. The van der Waals surface area contributed by atoms with Crippen LogP contribution in [0.15, 0.2) is 77.7 Å². The number of hydrogen-bond acceptors (Lipinski definition) is 4. The van der Waals surface area contributed by atoms with E-state index in [0.717, 1.165) is 16.7 Å². The van der Waals surface area contributed by atoms with Crippen molar-refractivity contribution in [1.82, 2.24) is 10.0 Å². The fourth-order valence-corrected chi connectivity index (χ4v) is 4.11. The summed E-state index contributed by atoms with van der Waals surface area (Å²) in [4.78, 5) is 12.8. The summed E-state index contributed by atoms with van der Waals surface area (Å²) in [6, 6.07) is 21.6. The molecule has 31 heavy (non-hydrogen) atoms. The van der Waals surface area contributed by atoms with Gasteiger partial charge >= 0.3 is 0 Å². The van der Waals surface area contributed by atoms with Gasteiger partial charge in [-0.05, 0) is 41.3 Å². The van der Waals surface area contributed by atoms with E-state index < -0.39 is 10.0 Å². The standard InChI is InChI=1S/C24H26N2O4S/c1-18-8-13-22(31(28,29)26-16-19-6-4-3-5-7-19)14-23(18)24(27)25-15-20-9-11-21(12-10-20)17-30-2/h3-14,26H,15-17H2,1-2H3,(H,25,27). The minimum atomic E-state index is -3.75. The molecule has 0 fully saturated rings. The van der Waals surface area contributed by atoms with Gasteiger partial charge in [0.15, 0.2) is 0 Å². The van der Waals surface area contributed by atoms with Crippen LogP contribution < -0.4 is 10.0 Å². The second-order valence-corrected chi connectivity index (χ2v) is 8.99. The molecule has 0 aromatic heterocycles. The molecular weight excluding hydrogens is 412 g/mol. The summed E-state index contributed by atoms with van der Waals surface area (Å²) < 4.78 is 33.1. The van der Waals surface area contributed by atoms with Gasteiger partial charge in [0, 0.05) is 25.8 Å². The number of sulfonamides is 1. The van der Waals surface area contributed by atoms with E-state index in [0.29, 0.717) is 24.3 Å². The second-order valence-electron chi connectivity index (χ2n) is 7.22. The van der Waals surface area contributed by atoms with Crippen LogP contribution in [0.25, 0.3) is 0 Å². The van der Waals surface area contributed by atoms with Gasteiger partial charge in [-0.2, -0.15) is 0 Å². The van der Waals surface area contributed by atoms with E-state index in [1.807, 2.05) is 54.6 Å². The minimum Gasteiger partial charge on any atom is -0.380 e. The zero-order valence-corrected chi connectivity index (χ0v) is 18.4. The van der Waals surface area contributed by atoms with Gasteiger partial charge in [-0.15, -0.1) is 0 Å². The molecule has 0 heterocycles. The van der Waals surface area contributed by atoms with Crippen LogP contribution in [0, 0.1) is 6.92 Å². The number of hydrogen-bond donors (Lipinski definition) is 2. The van der Waals surface area contributed by atoms with Crippen molar-refractivity contribution in [2.24, 2.45) is 0 Å². The van der Waals surface area contributed by atoms with Crippen molar-refractivity contribution in [2.75, 3.05) is 7.11 Å². The summed E-state index contributed by atoms with van der Waals surface area (Å²) in [7, 11) is -2.11. The van der Waals surface area contributed by atoms with Crippen molar-refractivity contribution in [3.63, 3.8) is 0 Å². The summed E-state index contributed by atoms with van der Waals surface area (Å²) in [6.07, 6.45) is 0. The molecule has 0 spiro atoms. The number of amides is 1. The van der Waals surface area contributed by atoms with Crippen LogP contribution in [0.1, 0.15) is 32.6 Å². The van der Waals surface area contributed by atoms with Gasteiger partial charge in [0.2, 0.25) is 10.0 Å². The summed E-state index contributed by atoms with van der Waals surface area (Å²) in [5.74, 6) is -0.321. The molecule has 6 nitrogen and oxygen atoms in total. The average molecular weight is 439 g/mol. The number of ether oxygens (including phenoxy) is 1. The molecule has 0 unspecified atom stereocenters. The first-order valence-electron chi connectivity index (χ1n) is 9.88. The van der Waals surface area contributed by atoms with Crippen molar-refractivity contribution >= 4 is 15.9 Å². The first-order valence-corrected chi connectivity index (χ1v) is 11.4. The molecule has 0 radical (unpaired) electrons. The molecular formula is C24H26N2O4S. The Morgan fingerprint density at radius 1 is 0.871 bits per heavy atom. The molecule has 0 bridgehead atoms. The van der Waals surface area contributed by atoms with Crippen LogP contribution >= 0.6 is 0 Å². The van der Waals surface area contributed by atoms with Crippen LogP contribution in [0.3, 0.4) is 0 Å². The third kappa shape index (κ3) is 6.24. The largest absolute Gasteiger partial charge is 0.380 e. The molecule has 1 amide bonds. The second kappa shape index (κ2) is 10.3. The smallest absolute Gasteiger partial charge is 0.251 e. The van der Waals surface area contributed by atoms with Crippen LogP contribution in [0.5, 0.6) is 0 Å². The van der Waals surface area contributed by atoms with E-state index in [-0.39, 0.29) is 17.3 Å². The molecule has 0 saturated heterocycles. The average Bonchev–Trinajstić information content (AvgIpc) is 2.78. The summed E-state index contributed by atoms with van der Waals surface area (Å²) in [6.45, 7) is 2.83. The van der Waals surface area contributed by atoms with Gasteiger partial charge in [0.05, 0.1) is 11.5 Å². The quantitative estimate of drug-likeness (QED) is 0.535. The highest BCUT2D eigenvalue weighted by Gasteiger charge is 2.18. The lowest BCUT2D eigenvalue weighted by molar-refractivity contribution is 0.0950. The van der Waals surface area contributed by atoms with Crippen molar-refractivity contribution in [1.29, 1.82) is 0 Å². The monoisotopic (exact) mass is 438 g/mol. The van der Waals surface area contributed by atoms with Gasteiger partial charge in [-0.3, -0.25) is 4.79 Å². The summed E-state index contributed by atoms with van der Waals surface area (Å²) >= 11 is 0. The lowest BCUT2D eigenvalue weighted by atomic mass is 10.1.